The minimum Gasteiger partial charge on any atom is -0.469 e. The number of esters is 1. The van der Waals surface area contributed by atoms with Crippen LogP contribution in [0.25, 0.3) is 10.9 Å². The van der Waals surface area contributed by atoms with Crippen molar-refractivity contribution in [2.45, 2.75) is 58.0 Å². The summed E-state index contributed by atoms with van der Waals surface area (Å²) >= 11 is 0. The third kappa shape index (κ3) is 2.46. The smallest absolute Gasteiger partial charge is 0.311 e. The normalized spacial score (nSPS) is 37.7. The SMILES string of the molecule is COC(=O)[C@]12CC3CC(C1)[C@@H](N1C(=O)C(C)(C)C1c1ccnc4ccccc14)C(C3)C2. The van der Waals surface area contributed by atoms with E-state index >= 15 is 0 Å². The number of rotatable bonds is 3. The van der Waals surface area contributed by atoms with Gasteiger partial charge in [0.1, 0.15) is 0 Å². The fraction of sp³-hybridized carbons (Fsp3) is 0.577. The van der Waals surface area contributed by atoms with E-state index in [0.717, 1.165) is 43.0 Å². The summed E-state index contributed by atoms with van der Waals surface area (Å²) in [4.78, 5) is 33.0. The average molecular weight is 419 g/mol. The molecule has 0 N–H and O–H groups in total. The van der Waals surface area contributed by atoms with Gasteiger partial charge >= 0.3 is 5.97 Å². The van der Waals surface area contributed by atoms with E-state index in [9.17, 15) is 9.59 Å². The standard InChI is InChI=1S/C26H30N2O3/c1-25(2)22(19-8-9-27-20-7-5-4-6-18(19)20)28(23(25)29)21-16-10-15-11-17(21)14-26(12-15,13-16)24(30)31-3/h4-9,15-17,21-22H,10-14H2,1-3H3/t15?,16?,17?,21-,22?,26-. The van der Waals surface area contributed by atoms with Crippen LogP contribution in [-0.4, -0.2) is 34.9 Å². The molecule has 5 fully saturated rings. The molecule has 4 saturated carbocycles. The summed E-state index contributed by atoms with van der Waals surface area (Å²) in [6, 6.07) is 10.6. The number of methoxy groups -OCH3 is 1. The first-order valence-corrected chi connectivity index (χ1v) is 11.6. The number of carbonyl (C=O) groups excluding carboxylic acids is 2. The topological polar surface area (TPSA) is 59.5 Å². The Morgan fingerprint density at radius 3 is 2.52 bits per heavy atom. The molecule has 0 radical (unpaired) electrons. The summed E-state index contributed by atoms with van der Waals surface area (Å²) < 4.78 is 5.24. The van der Waals surface area contributed by atoms with Crippen LogP contribution >= 0.6 is 0 Å². The molecule has 0 spiro atoms. The zero-order valence-corrected chi connectivity index (χ0v) is 18.5. The number of nitrogens with zero attached hydrogens (tertiary/aromatic N) is 2. The van der Waals surface area contributed by atoms with E-state index in [2.05, 4.69) is 35.9 Å². The van der Waals surface area contributed by atoms with Crippen LogP contribution in [0.4, 0.5) is 0 Å². The Morgan fingerprint density at radius 1 is 1.10 bits per heavy atom. The lowest BCUT2D eigenvalue weighted by molar-refractivity contribution is -0.203. The number of fused-ring (bicyclic) bond motifs is 1. The Morgan fingerprint density at radius 2 is 1.81 bits per heavy atom. The quantitative estimate of drug-likeness (QED) is 0.543. The molecular weight excluding hydrogens is 388 g/mol. The molecule has 4 bridgehead atoms. The van der Waals surface area contributed by atoms with Gasteiger partial charge in [-0.2, -0.15) is 0 Å². The van der Waals surface area contributed by atoms with Gasteiger partial charge < -0.3 is 9.64 Å². The van der Waals surface area contributed by atoms with Crippen molar-refractivity contribution in [3.63, 3.8) is 0 Å². The minimum atomic E-state index is -0.432. The Kier molecular flexibility index (Phi) is 3.92. The van der Waals surface area contributed by atoms with Gasteiger partial charge in [0.05, 0.1) is 29.5 Å². The number of para-hydroxylation sites is 1. The number of likely N-dealkylation sites (tertiary alicyclic amines) is 1. The molecule has 2 aromatic rings. The fourth-order valence-electron chi connectivity index (χ4n) is 7.97. The number of carbonyl (C=O) groups is 2. The fourth-order valence-corrected chi connectivity index (χ4v) is 7.97. The van der Waals surface area contributed by atoms with Crippen LogP contribution in [0.3, 0.4) is 0 Å². The zero-order chi connectivity index (χ0) is 21.5. The molecule has 1 aromatic heterocycles. The van der Waals surface area contributed by atoms with E-state index in [0.29, 0.717) is 17.8 Å². The molecule has 1 aromatic carbocycles. The Balaban J connectivity index is 1.41. The van der Waals surface area contributed by atoms with Crippen molar-refractivity contribution < 1.29 is 14.3 Å². The first kappa shape index (κ1) is 19.3. The second-order valence-corrected chi connectivity index (χ2v) is 11.0. The largest absolute Gasteiger partial charge is 0.469 e. The summed E-state index contributed by atoms with van der Waals surface area (Å²) in [5.41, 5.74) is 1.43. The number of ether oxygens (including phenoxy) is 1. The highest BCUT2D eigenvalue weighted by Crippen LogP contribution is 2.65. The van der Waals surface area contributed by atoms with E-state index in [1.807, 2.05) is 24.4 Å². The van der Waals surface area contributed by atoms with E-state index < -0.39 is 5.41 Å². The van der Waals surface area contributed by atoms with Crippen LogP contribution in [0.1, 0.15) is 57.6 Å². The molecule has 5 aliphatic rings. The lowest BCUT2D eigenvalue weighted by Gasteiger charge is -2.66. The Labute approximate surface area is 183 Å². The molecule has 1 amide bonds. The Bertz CT molecular complexity index is 1070. The highest BCUT2D eigenvalue weighted by molar-refractivity contribution is 5.93. The van der Waals surface area contributed by atoms with Gasteiger partial charge in [-0.3, -0.25) is 14.6 Å². The molecule has 31 heavy (non-hydrogen) atoms. The molecule has 4 aliphatic carbocycles. The van der Waals surface area contributed by atoms with Gasteiger partial charge in [-0.1, -0.05) is 18.2 Å². The van der Waals surface area contributed by atoms with Gasteiger partial charge in [0.2, 0.25) is 5.91 Å². The lowest BCUT2D eigenvalue weighted by Crippen LogP contribution is -2.70. The second kappa shape index (κ2) is 6.30. The first-order valence-electron chi connectivity index (χ1n) is 11.6. The summed E-state index contributed by atoms with van der Waals surface area (Å²) in [6.45, 7) is 4.16. The van der Waals surface area contributed by atoms with E-state index in [1.54, 1.807) is 0 Å². The summed E-state index contributed by atoms with van der Waals surface area (Å²) in [7, 11) is 1.52. The van der Waals surface area contributed by atoms with Crippen LogP contribution in [-0.2, 0) is 14.3 Å². The predicted molar refractivity (Wildman–Crippen MR) is 117 cm³/mol. The lowest BCUT2D eigenvalue weighted by atomic mass is 9.47. The van der Waals surface area contributed by atoms with Gasteiger partial charge in [-0.15, -0.1) is 0 Å². The summed E-state index contributed by atoms with van der Waals surface area (Å²) in [5.74, 6) is 1.60. The maximum Gasteiger partial charge on any atom is 0.311 e. The number of amides is 1. The predicted octanol–water partition coefficient (Wildman–Crippen LogP) is 4.51. The number of pyridine rings is 1. The number of β-lactam (4-membered cyclic amide) rings is 1. The summed E-state index contributed by atoms with van der Waals surface area (Å²) in [6.07, 6.45) is 6.84. The van der Waals surface area contributed by atoms with E-state index in [1.165, 1.54) is 12.7 Å². The molecule has 5 nitrogen and oxygen atoms in total. The van der Waals surface area contributed by atoms with Crippen LogP contribution in [0.2, 0.25) is 0 Å². The van der Waals surface area contributed by atoms with E-state index in [-0.39, 0.29) is 29.4 Å². The summed E-state index contributed by atoms with van der Waals surface area (Å²) in [5, 5.41) is 1.13. The van der Waals surface area contributed by atoms with Gasteiger partial charge in [0, 0.05) is 17.6 Å². The molecular formula is C26H30N2O3. The maximum absolute atomic E-state index is 13.5. The molecule has 5 heteroatoms. The van der Waals surface area contributed by atoms with Crippen molar-refractivity contribution in [2.75, 3.05) is 7.11 Å². The van der Waals surface area contributed by atoms with Gasteiger partial charge in [-0.25, -0.2) is 0 Å². The highest BCUT2D eigenvalue weighted by Gasteiger charge is 2.66. The monoisotopic (exact) mass is 418 g/mol. The minimum absolute atomic E-state index is 0.0303. The van der Waals surface area contributed by atoms with Crippen molar-refractivity contribution in [3.8, 4) is 0 Å². The third-order valence-corrected chi connectivity index (χ3v) is 8.89. The van der Waals surface area contributed by atoms with Crippen molar-refractivity contribution >= 4 is 22.8 Å². The van der Waals surface area contributed by atoms with Gasteiger partial charge in [0.25, 0.3) is 0 Å². The van der Waals surface area contributed by atoms with E-state index in [4.69, 9.17) is 4.74 Å². The first-order chi connectivity index (χ1) is 14.9. The highest BCUT2D eigenvalue weighted by atomic mass is 16.5. The van der Waals surface area contributed by atoms with Gasteiger partial charge in [0.15, 0.2) is 0 Å². The van der Waals surface area contributed by atoms with Crippen molar-refractivity contribution in [1.82, 2.24) is 9.88 Å². The average Bonchev–Trinajstić information content (AvgIpc) is 2.76. The molecule has 1 saturated heterocycles. The number of benzene rings is 1. The Hall–Kier alpha value is -2.43. The van der Waals surface area contributed by atoms with Crippen LogP contribution in [0.5, 0.6) is 0 Å². The van der Waals surface area contributed by atoms with Crippen LogP contribution < -0.4 is 0 Å². The van der Waals surface area contributed by atoms with Crippen LogP contribution in [0, 0.1) is 28.6 Å². The maximum atomic E-state index is 13.5. The zero-order valence-electron chi connectivity index (χ0n) is 18.5. The van der Waals surface area contributed by atoms with Crippen molar-refractivity contribution in [2.24, 2.45) is 28.6 Å². The van der Waals surface area contributed by atoms with Gasteiger partial charge in [-0.05, 0) is 81.4 Å². The number of aromatic nitrogens is 1. The second-order valence-electron chi connectivity index (χ2n) is 11.0. The number of hydrogen-bond acceptors (Lipinski definition) is 4. The molecule has 162 valence electrons. The van der Waals surface area contributed by atoms with Crippen LogP contribution in [0.15, 0.2) is 36.5 Å². The number of hydrogen-bond donors (Lipinski definition) is 0. The molecule has 3 atom stereocenters. The van der Waals surface area contributed by atoms with Crippen molar-refractivity contribution in [3.05, 3.63) is 42.1 Å². The molecule has 7 rings (SSSR count). The molecule has 2 heterocycles. The van der Waals surface area contributed by atoms with Crippen molar-refractivity contribution in [1.29, 1.82) is 0 Å². The molecule has 1 aliphatic heterocycles. The third-order valence-electron chi connectivity index (χ3n) is 8.89. The molecule has 3 unspecified atom stereocenters.